The topological polar surface area (TPSA) is 58.2 Å². The van der Waals surface area contributed by atoms with E-state index in [2.05, 4.69) is 26.6 Å². The van der Waals surface area contributed by atoms with Gasteiger partial charge in [0.25, 0.3) is 0 Å². The number of rotatable bonds is 2. The van der Waals surface area contributed by atoms with E-state index >= 15 is 0 Å². The lowest BCUT2D eigenvalue weighted by Gasteiger charge is -2.09. The molecule has 1 saturated heterocycles. The van der Waals surface area contributed by atoms with Crippen molar-refractivity contribution < 1.29 is 9.59 Å². The quantitative estimate of drug-likeness (QED) is 0.878. The van der Waals surface area contributed by atoms with Crippen LogP contribution in [0, 0.1) is 5.92 Å². The Hall–Kier alpha value is -1.07. The van der Waals surface area contributed by atoms with Crippen LogP contribution in [0.5, 0.6) is 0 Å². The van der Waals surface area contributed by atoms with Gasteiger partial charge in [-0.2, -0.15) is 0 Å². The summed E-state index contributed by atoms with van der Waals surface area (Å²) in [5, 5.41) is 5.96. The van der Waals surface area contributed by atoms with Crippen LogP contribution in [0.1, 0.15) is 6.42 Å². The number of benzene rings is 1. The van der Waals surface area contributed by atoms with Crippen molar-refractivity contribution in [3.63, 3.8) is 0 Å². The molecule has 1 aromatic rings. The van der Waals surface area contributed by atoms with Crippen LogP contribution >= 0.6 is 27.5 Å². The fourth-order valence-electron chi connectivity index (χ4n) is 1.61. The van der Waals surface area contributed by atoms with Gasteiger partial charge in [0.2, 0.25) is 11.8 Å². The highest BCUT2D eigenvalue weighted by molar-refractivity contribution is 9.10. The summed E-state index contributed by atoms with van der Waals surface area (Å²) in [6.07, 6.45) is 0.251. The number of amides is 2. The Kier molecular flexibility index (Phi) is 3.69. The maximum Gasteiger partial charge on any atom is 0.229 e. The lowest BCUT2D eigenvalue weighted by Crippen LogP contribution is -2.24. The number of hydrogen-bond acceptors (Lipinski definition) is 2. The molecule has 0 radical (unpaired) electrons. The standard InChI is InChI=1S/C11H10BrClN2O2/c12-8-4-7(1-2-9(8)13)15-11(17)6-3-10(16)14-5-6/h1-2,4,6H,3,5H2,(H,14,16)(H,15,17). The van der Waals surface area contributed by atoms with Crippen LogP contribution in [-0.2, 0) is 9.59 Å². The minimum atomic E-state index is -0.294. The van der Waals surface area contributed by atoms with E-state index in [-0.39, 0.29) is 24.2 Å². The monoisotopic (exact) mass is 316 g/mol. The highest BCUT2D eigenvalue weighted by Gasteiger charge is 2.27. The highest BCUT2D eigenvalue weighted by Crippen LogP contribution is 2.26. The summed E-state index contributed by atoms with van der Waals surface area (Å²) in [5.74, 6) is -0.531. The minimum Gasteiger partial charge on any atom is -0.355 e. The summed E-state index contributed by atoms with van der Waals surface area (Å²) < 4.78 is 0.720. The lowest BCUT2D eigenvalue weighted by atomic mass is 10.1. The Morgan fingerprint density at radius 3 is 2.88 bits per heavy atom. The third-order valence-electron chi connectivity index (χ3n) is 2.54. The van der Waals surface area contributed by atoms with Crippen LogP contribution in [0.3, 0.4) is 0 Å². The van der Waals surface area contributed by atoms with Crippen LogP contribution in [0.4, 0.5) is 5.69 Å². The van der Waals surface area contributed by atoms with Gasteiger partial charge >= 0.3 is 0 Å². The van der Waals surface area contributed by atoms with Gasteiger partial charge in [0.05, 0.1) is 10.9 Å². The first-order valence-electron chi connectivity index (χ1n) is 5.09. The van der Waals surface area contributed by atoms with Gasteiger partial charge in [-0.05, 0) is 34.1 Å². The number of anilines is 1. The zero-order valence-corrected chi connectivity index (χ0v) is 11.1. The molecule has 0 saturated carbocycles. The van der Waals surface area contributed by atoms with Gasteiger partial charge in [-0.3, -0.25) is 9.59 Å². The van der Waals surface area contributed by atoms with Crippen LogP contribution in [0.15, 0.2) is 22.7 Å². The number of carbonyl (C=O) groups excluding carboxylic acids is 2. The zero-order chi connectivity index (χ0) is 12.4. The summed E-state index contributed by atoms with van der Waals surface area (Å²) in [7, 11) is 0. The average molecular weight is 318 g/mol. The second-order valence-electron chi connectivity index (χ2n) is 3.82. The van der Waals surface area contributed by atoms with Crippen LogP contribution < -0.4 is 10.6 Å². The molecule has 0 bridgehead atoms. The summed E-state index contributed by atoms with van der Waals surface area (Å²) >= 11 is 9.13. The second kappa shape index (κ2) is 5.06. The van der Waals surface area contributed by atoms with Crippen molar-refractivity contribution in [2.24, 2.45) is 5.92 Å². The van der Waals surface area contributed by atoms with Crippen molar-refractivity contribution in [1.82, 2.24) is 5.32 Å². The molecule has 0 aliphatic carbocycles. The molecule has 1 unspecified atom stereocenters. The van der Waals surface area contributed by atoms with E-state index in [4.69, 9.17) is 11.6 Å². The van der Waals surface area contributed by atoms with E-state index in [0.29, 0.717) is 17.3 Å². The summed E-state index contributed by atoms with van der Waals surface area (Å²) in [6, 6.07) is 5.14. The predicted octanol–water partition coefficient (Wildman–Crippen LogP) is 2.18. The Balaban J connectivity index is 2.03. The first-order valence-corrected chi connectivity index (χ1v) is 6.26. The molecule has 0 spiro atoms. The molecule has 1 aromatic carbocycles. The van der Waals surface area contributed by atoms with E-state index in [0.717, 1.165) is 4.47 Å². The number of nitrogens with one attached hydrogen (secondary N) is 2. The largest absolute Gasteiger partial charge is 0.355 e. The van der Waals surface area contributed by atoms with E-state index in [1.165, 1.54) is 0 Å². The molecular formula is C11H10BrClN2O2. The van der Waals surface area contributed by atoms with Crippen molar-refractivity contribution >= 4 is 45.0 Å². The van der Waals surface area contributed by atoms with Crippen molar-refractivity contribution in [3.05, 3.63) is 27.7 Å². The van der Waals surface area contributed by atoms with Crippen molar-refractivity contribution in [3.8, 4) is 0 Å². The second-order valence-corrected chi connectivity index (χ2v) is 5.08. The maximum absolute atomic E-state index is 11.8. The van der Waals surface area contributed by atoms with Crippen molar-refractivity contribution in [1.29, 1.82) is 0 Å². The van der Waals surface area contributed by atoms with Gasteiger partial charge < -0.3 is 10.6 Å². The van der Waals surface area contributed by atoms with Gasteiger partial charge in [0.1, 0.15) is 0 Å². The summed E-state index contributed by atoms with van der Waals surface area (Å²) in [6.45, 7) is 0.402. The van der Waals surface area contributed by atoms with Gasteiger partial charge in [0, 0.05) is 23.1 Å². The fraction of sp³-hybridized carbons (Fsp3) is 0.273. The molecule has 6 heteroatoms. The molecule has 1 aliphatic rings. The van der Waals surface area contributed by atoms with Gasteiger partial charge in [-0.25, -0.2) is 0 Å². The lowest BCUT2D eigenvalue weighted by molar-refractivity contribution is -0.123. The van der Waals surface area contributed by atoms with E-state index in [1.54, 1.807) is 18.2 Å². The van der Waals surface area contributed by atoms with Crippen molar-refractivity contribution in [2.45, 2.75) is 6.42 Å². The fourth-order valence-corrected chi connectivity index (χ4v) is 2.11. The molecule has 17 heavy (non-hydrogen) atoms. The first kappa shape index (κ1) is 12.4. The normalized spacial score (nSPS) is 18.9. The molecule has 4 nitrogen and oxygen atoms in total. The van der Waals surface area contributed by atoms with Gasteiger partial charge in [0.15, 0.2) is 0 Å². The van der Waals surface area contributed by atoms with E-state index in [9.17, 15) is 9.59 Å². The summed E-state index contributed by atoms with van der Waals surface area (Å²) in [5.41, 5.74) is 0.658. The van der Waals surface area contributed by atoms with Crippen molar-refractivity contribution in [2.75, 3.05) is 11.9 Å². The number of hydrogen-bond donors (Lipinski definition) is 2. The molecule has 1 atom stereocenters. The Morgan fingerprint density at radius 1 is 1.53 bits per heavy atom. The molecular weight excluding hydrogens is 307 g/mol. The Labute approximate surface area is 112 Å². The third-order valence-corrected chi connectivity index (χ3v) is 3.75. The molecule has 1 fully saturated rings. The third kappa shape index (κ3) is 2.98. The zero-order valence-electron chi connectivity index (χ0n) is 8.80. The predicted molar refractivity (Wildman–Crippen MR) is 68.9 cm³/mol. The van der Waals surface area contributed by atoms with Crippen LogP contribution in [0.2, 0.25) is 5.02 Å². The maximum atomic E-state index is 11.8. The van der Waals surface area contributed by atoms with Crippen LogP contribution in [0.25, 0.3) is 0 Å². The smallest absolute Gasteiger partial charge is 0.229 e. The minimum absolute atomic E-state index is 0.0811. The average Bonchev–Trinajstić information content (AvgIpc) is 2.70. The molecule has 2 rings (SSSR count). The first-order chi connectivity index (χ1) is 8.06. The van der Waals surface area contributed by atoms with E-state index in [1.807, 2.05) is 0 Å². The molecule has 90 valence electrons. The molecule has 0 aromatic heterocycles. The number of halogens is 2. The molecule has 2 N–H and O–H groups in total. The van der Waals surface area contributed by atoms with Gasteiger partial charge in [-0.1, -0.05) is 11.6 Å². The van der Waals surface area contributed by atoms with Crippen LogP contribution in [-0.4, -0.2) is 18.4 Å². The SMILES string of the molecule is O=C1CC(C(=O)Nc2ccc(Cl)c(Br)c2)CN1. The molecule has 1 heterocycles. The Bertz CT molecular complexity index is 479. The molecule has 2 amide bonds. The highest BCUT2D eigenvalue weighted by atomic mass is 79.9. The summed E-state index contributed by atoms with van der Waals surface area (Å²) in [4.78, 5) is 22.8. The van der Waals surface area contributed by atoms with E-state index < -0.39 is 0 Å². The molecule has 1 aliphatic heterocycles. The Morgan fingerprint density at radius 2 is 2.29 bits per heavy atom. The van der Waals surface area contributed by atoms with Gasteiger partial charge in [-0.15, -0.1) is 0 Å². The number of carbonyl (C=O) groups is 2.